The first-order valence-electron chi connectivity index (χ1n) is 6.73. The van der Waals surface area contributed by atoms with Crippen molar-refractivity contribution in [2.24, 2.45) is 5.92 Å². The van der Waals surface area contributed by atoms with Crippen LogP contribution in [-0.4, -0.2) is 50.8 Å². The lowest BCUT2D eigenvalue weighted by Crippen LogP contribution is -2.47. The lowest BCUT2D eigenvalue weighted by Gasteiger charge is -2.35. The third-order valence-electron chi connectivity index (χ3n) is 3.40. The molecule has 3 heteroatoms. The molecule has 96 valence electrons. The molecule has 1 N–H and O–H groups in total. The van der Waals surface area contributed by atoms with Gasteiger partial charge in [0.15, 0.2) is 0 Å². The van der Waals surface area contributed by atoms with Crippen molar-refractivity contribution in [1.29, 1.82) is 0 Å². The second kappa shape index (κ2) is 8.04. The molecular formula is C13H28N2O. The topological polar surface area (TPSA) is 24.5 Å². The number of hydrogen-bond donors (Lipinski definition) is 1. The Morgan fingerprint density at radius 2 is 2.19 bits per heavy atom. The number of rotatable bonds is 7. The van der Waals surface area contributed by atoms with Crippen LogP contribution >= 0.6 is 0 Å². The van der Waals surface area contributed by atoms with Gasteiger partial charge >= 0.3 is 0 Å². The maximum absolute atomic E-state index is 5.55. The van der Waals surface area contributed by atoms with Gasteiger partial charge in [0.2, 0.25) is 0 Å². The van der Waals surface area contributed by atoms with E-state index in [0.717, 1.165) is 25.7 Å². The molecule has 0 saturated carbocycles. The number of ether oxygens (including phenoxy) is 1. The molecule has 3 nitrogen and oxygen atoms in total. The Bertz CT molecular complexity index is 175. The number of piperidine rings is 1. The van der Waals surface area contributed by atoms with Crippen molar-refractivity contribution >= 4 is 0 Å². The summed E-state index contributed by atoms with van der Waals surface area (Å²) in [7, 11) is 2.21. The normalized spacial score (nSPS) is 27.2. The van der Waals surface area contributed by atoms with Crippen LogP contribution in [0.3, 0.4) is 0 Å². The molecule has 1 saturated heterocycles. The molecule has 0 aromatic heterocycles. The summed E-state index contributed by atoms with van der Waals surface area (Å²) >= 11 is 0. The number of unbranched alkanes of at least 4 members (excludes halogenated alkanes) is 1. The highest BCUT2D eigenvalue weighted by Crippen LogP contribution is 2.14. The molecule has 0 aromatic rings. The number of likely N-dealkylation sites (tertiary alicyclic amines) is 1. The SMILES string of the molecule is CCCCOCCNC1CCN(C)CC1C. The molecule has 0 spiro atoms. The maximum Gasteiger partial charge on any atom is 0.0591 e. The minimum absolute atomic E-state index is 0.686. The maximum atomic E-state index is 5.55. The lowest BCUT2D eigenvalue weighted by atomic mass is 9.94. The van der Waals surface area contributed by atoms with Crippen LogP contribution in [0.25, 0.3) is 0 Å². The molecular weight excluding hydrogens is 200 g/mol. The molecule has 2 unspecified atom stereocenters. The van der Waals surface area contributed by atoms with Gasteiger partial charge in [-0.05, 0) is 32.4 Å². The van der Waals surface area contributed by atoms with Crippen LogP contribution < -0.4 is 5.32 Å². The molecule has 0 amide bonds. The monoisotopic (exact) mass is 228 g/mol. The lowest BCUT2D eigenvalue weighted by molar-refractivity contribution is 0.119. The molecule has 1 aliphatic rings. The molecule has 16 heavy (non-hydrogen) atoms. The van der Waals surface area contributed by atoms with Crippen LogP contribution in [-0.2, 0) is 4.74 Å². The highest BCUT2D eigenvalue weighted by atomic mass is 16.5. The Morgan fingerprint density at radius 3 is 2.88 bits per heavy atom. The molecule has 0 radical (unpaired) electrons. The van der Waals surface area contributed by atoms with Gasteiger partial charge in [-0.2, -0.15) is 0 Å². The fourth-order valence-corrected chi connectivity index (χ4v) is 2.32. The molecule has 1 aliphatic heterocycles. The van der Waals surface area contributed by atoms with Crippen LogP contribution in [0.1, 0.15) is 33.1 Å². The van der Waals surface area contributed by atoms with E-state index in [0.29, 0.717) is 6.04 Å². The average molecular weight is 228 g/mol. The molecule has 1 fully saturated rings. The van der Waals surface area contributed by atoms with Crippen molar-refractivity contribution in [1.82, 2.24) is 10.2 Å². The summed E-state index contributed by atoms with van der Waals surface area (Å²) in [5.74, 6) is 0.759. The van der Waals surface area contributed by atoms with E-state index in [1.807, 2.05) is 0 Å². The average Bonchev–Trinajstić information content (AvgIpc) is 2.26. The van der Waals surface area contributed by atoms with Crippen LogP contribution in [0, 0.1) is 5.92 Å². The standard InChI is InChI=1S/C13H28N2O/c1-4-5-9-16-10-7-14-13-6-8-15(3)11-12(13)2/h12-14H,4-11H2,1-3H3. The van der Waals surface area contributed by atoms with Gasteiger partial charge in [0.05, 0.1) is 6.61 Å². The highest BCUT2D eigenvalue weighted by Gasteiger charge is 2.23. The highest BCUT2D eigenvalue weighted by molar-refractivity contribution is 4.81. The summed E-state index contributed by atoms with van der Waals surface area (Å²) in [4.78, 5) is 2.42. The molecule has 2 atom stereocenters. The molecule has 1 heterocycles. The van der Waals surface area contributed by atoms with Crippen molar-refractivity contribution in [3.8, 4) is 0 Å². The zero-order chi connectivity index (χ0) is 11.8. The summed E-state index contributed by atoms with van der Waals surface area (Å²) in [6.45, 7) is 9.75. The minimum atomic E-state index is 0.686. The Hall–Kier alpha value is -0.120. The summed E-state index contributed by atoms with van der Waals surface area (Å²) in [5, 5.41) is 3.62. The first-order chi connectivity index (χ1) is 7.74. The second-order valence-electron chi connectivity index (χ2n) is 5.05. The van der Waals surface area contributed by atoms with E-state index < -0.39 is 0 Å². The van der Waals surface area contributed by atoms with Gasteiger partial charge in [-0.3, -0.25) is 0 Å². The molecule has 0 aliphatic carbocycles. The van der Waals surface area contributed by atoms with Gasteiger partial charge in [-0.1, -0.05) is 20.3 Å². The predicted octanol–water partition coefficient (Wildman–Crippen LogP) is 1.73. The van der Waals surface area contributed by atoms with Gasteiger partial charge < -0.3 is 15.0 Å². The summed E-state index contributed by atoms with van der Waals surface area (Å²) in [5.41, 5.74) is 0. The van der Waals surface area contributed by atoms with E-state index in [4.69, 9.17) is 4.74 Å². The van der Waals surface area contributed by atoms with Gasteiger partial charge in [0.1, 0.15) is 0 Å². The van der Waals surface area contributed by atoms with Gasteiger partial charge in [0.25, 0.3) is 0 Å². The van der Waals surface area contributed by atoms with Crippen LogP contribution in [0.15, 0.2) is 0 Å². The Balaban J connectivity index is 2.00. The molecule has 0 aromatic carbocycles. The Labute approximate surface area is 101 Å². The summed E-state index contributed by atoms with van der Waals surface area (Å²) in [6.07, 6.45) is 3.68. The predicted molar refractivity (Wildman–Crippen MR) is 68.8 cm³/mol. The van der Waals surface area contributed by atoms with Crippen LogP contribution in [0.5, 0.6) is 0 Å². The second-order valence-corrected chi connectivity index (χ2v) is 5.05. The number of hydrogen-bond acceptors (Lipinski definition) is 3. The van der Waals surface area contributed by atoms with Crippen molar-refractivity contribution in [3.05, 3.63) is 0 Å². The Morgan fingerprint density at radius 1 is 1.38 bits per heavy atom. The van der Waals surface area contributed by atoms with Crippen molar-refractivity contribution in [3.63, 3.8) is 0 Å². The first-order valence-corrected chi connectivity index (χ1v) is 6.73. The van der Waals surface area contributed by atoms with Crippen molar-refractivity contribution in [2.45, 2.75) is 39.2 Å². The number of nitrogens with zero attached hydrogens (tertiary/aromatic N) is 1. The van der Waals surface area contributed by atoms with E-state index in [9.17, 15) is 0 Å². The van der Waals surface area contributed by atoms with Crippen molar-refractivity contribution < 1.29 is 4.74 Å². The zero-order valence-corrected chi connectivity index (χ0v) is 11.2. The van der Waals surface area contributed by atoms with E-state index >= 15 is 0 Å². The van der Waals surface area contributed by atoms with Gasteiger partial charge in [0, 0.05) is 25.7 Å². The van der Waals surface area contributed by atoms with E-state index in [1.165, 1.54) is 32.4 Å². The fraction of sp³-hybridized carbons (Fsp3) is 1.00. The third kappa shape index (κ3) is 5.28. The third-order valence-corrected chi connectivity index (χ3v) is 3.40. The van der Waals surface area contributed by atoms with Gasteiger partial charge in [-0.15, -0.1) is 0 Å². The van der Waals surface area contributed by atoms with Crippen LogP contribution in [0.2, 0.25) is 0 Å². The minimum Gasteiger partial charge on any atom is -0.380 e. The van der Waals surface area contributed by atoms with Crippen LogP contribution in [0.4, 0.5) is 0 Å². The number of nitrogens with one attached hydrogen (secondary N) is 1. The van der Waals surface area contributed by atoms with Gasteiger partial charge in [-0.25, -0.2) is 0 Å². The quantitative estimate of drug-likeness (QED) is 0.672. The summed E-state index contributed by atoms with van der Waals surface area (Å²) in [6, 6.07) is 0.686. The zero-order valence-electron chi connectivity index (χ0n) is 11.2. The molecule has 1 rings (SSSR count). The largest absolute Gasteiger partial charge is 0.380 e. The fourth-order valence-electron chi connectivity index (χ4n) is 2.32. The molecule has 0 bridgehead atoms. The van der Waals surface area contributed by atoms with E-state index in [1.54, 1.807) is 0 Å². The first kappa shape index (κ1) is 13.9. The summed E-state index contributed by atoms with van der Waals surface area (Å²) < 4.78 is 5.55. The van der Waals surface area contributed by atoms with Crippen molar-refractivity contribution in [2.75, 3.05) is 39.9 Å². The van der Waals surface area contributed by atoms with E-state index in [2.05, 4.69) is 31.1 Å². The smallest absolute Gasteiger partial charge is 0.0591 e. The van der Waals surface area contributed by atoms with E-state index in [-0.39, 0.29) is 0 Å². The Kier molecular flexibility index (Phi) is 7.01.